The molecular weight excluding hydrogens is 294 g/mol. The molecule has 0 radical (unpaired) electrons. The highest BCUT2D eigenvalue weighted by atomic mass is 16.6. The Morgan fingerprint density at radius 3 is 2.57 bits per heavy atom. The van der Waals surface area contributed by atoms with Crippen molar-refractivity contribution in [2.24, 2.45) is 0 Å². The molecule has 0 spiro atoms. The summed E-state index contributed by atoms with van der Waals surface area (Å²) in [5, 5.41) is 10.8. The molecule has 1 aliphatic carbocycles. The smallest absolute Gasteiger partial charge is 0.391 e. The van der Waals surface area contributed by atoms with E-state index in [1.54, 1.807) is 61.8 Å². The van der Waals surface area contributed by atoms with Crippen molar-refractivity contribution in [2.45, 2.75) is 6.42 Å². The van der Waals surface area contributed by atoms with E-state index in [9.17, 15) is 14.8 Å². The van der Waals surface area contributed by atoms with E-state index in [1.807, 2.05) is 0 Å². The molecule has 1 atom stereocenters. The van der Waals surface area contributed by atoms with Crippen LogP contribution < -0.4 is 4.65 Å². The molecule has 5 heteroatoms. The Kier molecular flexibility index (Phi) is 3.82. The molecule has 1 N–H and O–H groups in total. The van der Waals surface area contributed by atoms with Gasteiger partial charge in [-0.25, -0.2) is 9.59 Å². The first-order valence-corrected chi connectivity index (χ1v) is 7.17. The van der Waals surface area contributed by atoms with Gasteiger partial charge >= 0.3 is 11.8 Å². The first kappa shape index (κ1) is 15.1. The number of nitrogens with zero attached hydrogens (tertiary/aromatic N) is 1. The molecule has 23 heavy (non-hydrogen) atoms. The number of quaternary nitrogens is 1. The minimum absolute atomic E-state index is 0.222. The van der Waals surface area contributed by atoms with Gasteiger partial charge in [0, 0.05) is 18.6 Å². The zero-order valence-corrected chi connectivity index (χ0v) is 12.6. The van der Waals surface area contributed by atoms with Crippen LogP contribution in [0.25, 0.3) is 6.08 Å². The Bertz CT molecular complexity index is 784. The average molecular weight is 310 g/mol. The molecule has 0 fully saturated rings. The summed E-state index contributed by atoms with van der Waals surface area (Å²) in [6.07, 6.45) is 10.4. The molecule has 5 nitrogen and oxygen atoms in total. The number of hydrogen-bond donors (Lipinski definition) is 1. The highest BCUT2D eigenvalue weighted by Crippen LogP contribution is 2.36. The third-order valence-corrected chi connectivity index (χ3v) is 3.90. The molecule has 1 unspecified atom stereocenters. The van der Waals surface area contributed by atoms with Crippen molar-refractivity contribution in [3.8, 4) is 0 Å². The van der Waals surface area contributed by atoms with Gasteiger partial charge in [0.05, 0.1) is 24.5 Å². The van der Waals surface area contributed by atoms with Gasteiger partial charge in [0.15, 0.2) is 5.69 Å². The number of allylic oxidation sites excluding steroid dienone is 3. The van der Waals surface area contributed by atoms with Crippen molar-refractivity contribution >= 4 is 23.6 Å². The molecule has 2 aliphatic rings. The fourth-order valence-corrected chi connectivity index (χ4v) is 2.67. The lowest BCUT2D eigenvalue weighted by molar-refractivity contribution is -0.167. The van der Waals surface area contributed by atoms with E-state index in [-0.39, 0.29) is 11.3 Å². The second-order valence-electron chi connectivity index (χ2n) is 5.26. The molecule has 1 aromatic rings. The predicted octanol–water partition coefficient (Wildman–Crippen LogP) is 2.88. The number of amides is 2. The largest absolute Gasteiger partial charge is 0.504 e. The number of benzene rings is 1. The van der Waals surface area contributed by atoms with Crippen LogP contribution in [-0.2, 0) is 14.3 Å². The maximum absolute atomic E-state index is 12.6. The standard InChI is InChI=1S/C18H16NO4/c1-23-12-11-13-7-9-14(10-8-13)19(22)17(20)15-5-3-2-4-6-16(15)18(19)21/h2-5,7-12,22H,6H2,1H3/q+1/b12-11+. The summed E-state index contributed by atoms with van der Waals surface area (Å²) in [4.78, 5) is 25.2. The average Bonchev–Trinajstić information content (AvgIpc) is 2.77. The van der Waals surface area contributed by atoms with E-state index in [4.69, 9.17) is 4.74 Å². The van der Waals surface area contributed by atoms with Crippen molar-refractivity contribution in [2.75, 3.05) is 7.11 Å². The molecule has 0 saturated heterocycles. The Hall–Kier alpha value is -2.76. The van der Waals surface area contributed by atoms with Gasteiger partial charge in [0.2, 0.25) is 0 Å². The molecule has 1 aliphatic heterocycles. The quantitative estimate of drug-likeness (QED) is 0.403. The highest BCUT2D eigenvalue weighted by molar-refractivity contribution is 6.28. The summed E-state index contributed by atoms with van der Waals surface area (Å²) in [6, 6.07) is 6.55. The Morgan fingerprint density at radius 1 is 1.13 bits per heavy atom. The normalized spacial score (nSPS) is 23.6. The zero-order valence-electron chi connectivity index (χ0n) is 12.6. The monoisotopic (exact) mass is 310 g/mol. The lowest BCUT2D eigenvalue weighted by Gasteiger charge is -2.19. The highest BCUT2D eigenvalue weighted by Gasteiger charge is 2.56. The van der Waals surface area contributed by atoms with Crippen LogP contribution in [0.1, 0.15) is 12.0 Å². The Morgan fingerprint density at radius 2 is 1.87 bits per heavy atom. The van der Waals surface area contributed by atoms with E-state index in [1.165, 1.54) is 6.26 Å². The number of rotatable bonds is 3. The number of carbonyl (C=O) groups is 2. The van der Waals surface area contributed by atoms with Crippen molar-refractivity contribution in [3.05, 3.63) is 71.5 Å². The first-order valence-electron chi connectivity index (χ1n) is 7.17. The summed E-state index contributed by atoms with van der Waals surface area (Å²) in [5.41, 5.74) is 1.66. The molecule has 1 heterocycles. The van der Waals surface area contributed by atoms with E-state index < -0.39 is 16.5 Å². The van der Waals surface area contributed by atoms with Crippen LogP contribution in [0.4, 0.5) is 5.69 Å². The van der Waals surface area contributed by atoms with Crippen LogP contribution in [-0.4, -0.2) is 24.1 Å². The van der Waals surface area contributed by atoms with Crippen LogP contribution in [0.5, 0.6) is 0 Å². The van der Waals surface area contributed by atoms with E-state index in [2.05, 4.69) is 0 Å². The maximum atomic E-state index is 12.6. The maximum Gasteiger partial charge on any atom is 0.391 e. The van der Waals surface area contributed by atoms with Gasteiger partial charge in [-0.15, -0.1) is 0 Å². The van der Waals surface area contributed by atoms with Gasteiger partial charge in [-0.3, -0.25) is 0 Å². The molecule has 0 saturated carbocycles. The fourth-order valence-electron chi connectivity index (χ4n) is 2.67. The Labute approximate surface area is 133 Å². The fraction of sp³-hybridized carbons (Fsp3) is 0.111. The van der Waals surface area contributed by atoms with E-state index in [0.717, 1.165) is 5.56 Å². The van der Waals surface area contributed by atoms with Gasteiger partial charge in [-0.1, -0.05) is 18.2 Å². The molecule has 2 amide bonds. The third-order valence-electron chi connectivity index (χ3n) is 3.90. The predicted molar refractivity (Wildman–Crippen MR) is 86.0 cm³/mol. The van der Waals surface area contributed by atoms with Gasteiger partial charge < -0.3 is 4.74 Å². The second kappa shape index (κ2) is 5.79. The molecule has 1 aromatic carbocycles. The van der Waals surface area contributed by atoms with Crippen LogP contribution in [0.2, 0.25) is 0 Å². The van der Waals surface area contributed by atoms with Gasteiger partial charge in [-0.05, 0) is 34.5 Å². The van der Waals surface area contributed by atoms with E-state index in [0.29, 0.717) is 12.0 Å². The first-order chi connectivity index (χ1) is 11.1. The Balaban J connectivity index is 1.98. The summed E-state index contributed by atoms with van der Waals surface area (Å²) in [6.45, 7) is 0. The van der Waals surface area contributed by atoms with Crippen LogP contribution in [0.15, 0.2) is 66.0 Å². The molecule has 116 valence electrons. The lowest BCUT2D eigenvalue weighted by Crippen LogP contribution is -2.52. The molecule has 0 bridgehead atoms. The zero-order chi connectivity index (χ0) is 16.4. The number of hydroxylamine groups is 2. The number of ether oxygens (including phenoxy) is 1. The van der Waals surface area contributed by atoms with Crippen molar-refractivity contribution in [3.63, 3.8) is 0 Å². The van der Waals surface area contributed by atoms with Crippen molar-refractivity contribution in [1.82, 2.24) is 4.65 Å². The van der Waals surface area contributed by atoms with Crippen LogP contribution in [0.3, 0.4) is 0 Å². The molecule has 0 aromatic heterocycles. The van der Waals surface area contributed by atoms with Crippen molar-refractivity contribution in [1.29, 1.82) is 0 Å². The number of carbonyl (C=O) groups excluding carboxylic acids is 2. The molecule has 3 rings (SSSR count). The van der Waals surface area contributed by atoms with Crippen LogP contribution >= 0.6 is 0 Å². The minimum atomic E-state index is -1.34. The lowest BCUT2D eigenvalue weighted by atomic mass is 10.1. The third kappa shape index (κ3) is 2.36. The number of hydrogen-bond acceptors (Lipinski definition) is 4. The second-order valence-corrected chi connectivity index (χ2v) is 5.26. The van der Waals surface area contributed by atoms with Crippen molar-refractivity contribution < 1.29 is 19.5 Å². The van der Waals surface area contributed by atoms with Gasteiger partial charge in [0.1, 0.15) is 0 Å². The number of imide groups is 1. The summed E-state index contributed by atoms with van der Waals surface area (Å²) in [5.74, 6) is -1.22. The van der Waals surface area contributed by atoms with Gasteiger partial charge in [0.25, 0.3) is 0 Å². The number of methoxy groups -OCH3 is 1. The van der Waals surface area contributed by atoms with Gasteiger partial charge in [-0.2, -0.15) is 5.21 Å². The van der Waals surface area contributed by atoms with E-state index >= 15 is 0 Å². The summed E-state index contributed by atoms with van der Waals surface area (Å²) in [7, 11) is 1.54. The SMILES string of the molecule is CO/C=C/c1ccc([N+]2(O)C(=O)C3=C(CC=CC=C3)C2=O)cc1. The molecular formula is C18H16NO4+. The topological polar surface area (TPSA) is 63.6 Å². The summed E-state index contributed by atoms with van der Waals surface area (Å²) >= 11 is 0. The summed E-state index contributed by atoms with van der Waals surface area (Å²) < 4.78 is 3.51. The van der Waals surface area contributed by atoms with Crippen LogP contribution in [0, 0.1) is 0 Å². The minimum Gasteiger partial charge on any atom is -0.504 e.